The zero-order valence-electron chi connectivity index (χ0n) is 18.4. The summed E-state index contributed by atoms with van der Waals surface area (Å²) < 4.78 is 13.9. The summed E-state index contributed by atoms with van der Waals surface area (Å²) in [5.41, 5.74) is 2.47. The van der Waals surface area contributed by atoms with Crippen LogP contribution in [0.2, 0.25) is 0 Å². The number of carbonyl (C=O) groups is 2. The van der Waals surface area contributed by atoms with Crippen LogP contribution in [0.25, 0.3) is 0 Å². The van der Waals surface area contributed by atoms with Crippen molar-refractivity contribution in [1.82, 2.24) is 20.0 Å². The summed E-state index contributed by atoms with van der Waals surface area (Å²) in [5, 5.41) is 7.27. The first-order valence-electron chi connectivity index (χ1n) is 11.2. The first-order valence-corrected chi connectivity index (χ1v) is 11.2. The van der Waals surface area contributed by atoms with Crippen LogP contribution < -0.4 is 0 Å². The minimum absolute atomic E-state index is 0.0413. The number of likely N-dealkylation sites (tertiary alicyclic amines) is 2. The number of hydrogen-bond acceptors (Lipinski definition) is 3. The Kier molecular flexibility index (Phi) is 6.12. The van der Waals surface area contributed by atoms with Crippen LogP contribution in [0, 0.1) is 18.2 Å². The van der Waals surface area contributed by atoms with E-state index in [1.165, 1.54) is 12.1 Å². The molecule has 2 saturated heterocycles. The second kappa shape index (κ2) is 8.81. The molecule has 3 heterocycles. The molecule has 166 valence electrons. The summed E-state index contributed by atoms with van der Waals surface area (Å²) in [6, 6.07) is 6.55. The minimum atomic E-state index is -0.606. The number of piperidine rings is 2. The van der Waals surface area contributed by atoms with Crippen molar-refractivity contribution in [3.63, 3.8) is 0 Å². The highest BCUT2D eigenvalue weighted by Gasteiger charge is 2.45. The Hall–Kier alpha value is -2.70. The van der Waals surface area contributed by atoms with Gasteiger partial charge in [-0.3, -0.25) is 14.7 Å². The van der Waals surface area contributed by atoms with Gasteiger partial charge < -0.3 is 9.80 Å². The highest BCUT2D eigenvalue weighted by atomic mass is 19.1. The van der Waals surface area contributed by atoms with Gasteiger partial charge in [-0.05, 0) is 62.3 Å². The maximum atomic E-state index is 13.9. The van der Waals surface area contributed by atoms with Crippen LogP contribution >= 0.6 is 0 Å². The van der Waals surface area contributed by atoms with Crippen LogP contribution in [-0.4, -0.2) is 58.0 Å². The highest BCUT2D eigenvalue weighted by Crippen LogP contribution is 2.39. The third kappa shape index (κ3) is 4.50. The third-order valence-corrected chi connectivity index (χ3v) is 7.04. The summed E-state index contributed by atoms with van der Waals surface area (Å²) >= 11 is 0. The summed E-state index contributed by atoms with van der Waals surface area (Å²) in [5.74, 6) is 0.152. The molecule has 2 aliphatic rings. The van der Waals surface area contributed by atoms with Crippen molar-refractivity contribution in [2.75, 3.05) is 26.2 Å². The van der Waals surface area contributed by atoms with Gasteiger partial charge in [0.2, 0.25) is 11.8 Å². The monoisotopic (exact) mass is 426 g/mol. The van der Waals surface area contributed by atoms with E-state index < -0.39 is 5.41 Å². The maximum absolute atomic E-state index is 13.9. The number of rotatable bonds is 4. The van der Waals surface area contributed by atoms with Gasteiger partial charge in [-0.25, -0.2) is 4.39 Å². The Bertz CT molecular complexity index is 949. The van der Waals surface area contributed by atoms with Crippen molar-refractivity contribution in [2.24, 2.45) is 5.41 Å². The first kappa shape index (κ1) is 21.5. The van der Waals surface area contributed by atoms with Gasteiger partial charge in [0.1, 0.15) is 5.82 Å². The van der Waals surface area contributed by atoms with Crippen molar-refractivity contribution < 1.29 is 14.0 Å². The van der Waals surface area contributed by atoms with E-state index in [1.807, 2.05) is 29.0 Å². The van der Waals surface area contributed by atoms with E-state index in [1.54, 1.807) is 13.0 Å². The molecule has 1 aromatic carbocycles. The van der Waals surface area contributed by atoms with Gasteiger partial charge in [-0.1, -0.05) is 12.1 Å². The Morgan fingerprint density at radius 2 is 2.00 bits per heavy atom. The van der Waals surface area contributed by atoms with Gasteiger partial charge >= 0.3 is 0 Å². The zero-order valence-corrected chi connectivity index (χ0v) is 18.4. The fourth-order valence-corrected chi connectivity index (χ4v) is 5.26. The van der Waals surface area contributed by atoms with E-state index in [2.05, 4.69) is 10.2 Å². The van der Waals surface area contributed by atoms with Crippen molar-refractivity contribution >= 4 is 11.8 Å². The van der Waals surface area contributed by atoms with E-state index >= 15 is 0 Å². The van der Waals surface area contributed by atoms with Gasteiger partial charge in [0.15, 0.2) is 0 Å². The quantitative estimate of drug-likeness (QED) is 0.814. The Balaban J connectivity index is 1.57. The Morgan fingerprint density at radius 1 is 1.23 bits per heavy atom. The molecule has 2 fully saturated rings. The lowest BCUT2D eigenvalue weighted by Crippen LogP contribution is -2.53. The fourth-order valence-electron chi connectivity index (χ4n) is 5.26. The summed E-state index contributed by atoms with van der Waals surface area (Å²) in [4.78, 5) is 29.6. The Morgan fingerprint density at radius 3 is 2.65 bits per heavy atom. The molecule has 0 radical (unpaired) electrons. The number of nitrogens with one attached hydrogen (secondary N) is 1. The molecule has 0 aliphatic carbocycles. The number of benzene rings is 1. The number of aryl methyl sites for hydroxylation is 1. The number of aromatic nitrogens is 2. The molecule has 0 spiro atoms. The molecule has 1 N–H and O–H groups in total. The number of halogens is 1. The van der Waals surface area contributed by atoms with Gasteiger partial charge in [0.05, 0.1) is 11.6 Å². The molecule has 0 saturated carbocycles. The van der Waals surface area contributed by atoms with Crippen molar-refractivity contribution in [1.29, 1.82) is 0 Å². The van der Waals surface area contributed by atoms with Crippen molar-refractivity contribution in [3.8, 4) is 0 Å². The van der Waals surface area contributed by atoms with Gasteiger partial charge in [-0.15, -0.1) is 0 Å². The van der Waals surface area contributed by atoms with Crippen molar-refractivity contribution in [2.45, 2.75) is 51.9 Å². The van der Waals surface area contributed by atoms with Gasteiger partial charge in [-0.2, -0.15) is 5.10 Å². The number of nitrogens with zero attached hydrogens (tertiary/aromatic N) is 3. The number of hydrogen-bond donors (Lipinski definition) is 1. The lowest BCUT2D eigenvalue weighted by atomic mass is 9.72. The molecule has 2 amide bonds. The van der Waals surface area contributed by atoms with Crippen LogP contribution in [0.15, 0.2) is 30.5 Å². The van der Waals surface area contributed by atoms with Gasteiger partial charge in [0.25, 0.3) is 0 Å². The average Bonchev–Trinajstić information content (AvgIpc) is 3.19. The largest absolute Gasteiger partial charge is 0.343 e. The molecule has 1 atom stereocenters. The van der Waals surface area contributed by atoms with E-state index in [0.29, 0.717) is 38.9 Å². The predicted octanol–water partition coefficient (Wildman–Crippen LogP) is 3.43. The molecular weight excluding hydrogens is 395 g/mol. The molecule has 0 bridgehead atoms. The number of H-pyrrole nitrogens is 1. The molecule has 1 unspecified atom stereocenters. The van der Waals surface area contributed by atoms with Crippen molar-refractivity contribution in [3.05, 3.63) is 53.1 Å². The second-order valence-corrected chi connectivity index (χ2v) is 9.15. The molecule has 7 heteroatoms. The van der Waals surface area contributed by atoms with E-state index in [0.717, 1.165) is 36.2 Å². The molecule has 1 aromatic heterocycles. The molecule has 2 aliphatic heterocycles. The SMILES string of the molecule is CC(=O)N1CCC(Cc2cccc(F)c2)(C(=O)N2CCCC(c3[nH]ncc3C)C2)CC1. The first-order chi connectivity index (χ1) is 14.9. The summed E-state index contributed by atoms with van der Waals surface area (Å²) in [7, 11) is 0. The number of amides is 2. The lowest BCUT2D eigenvalue weighted by Gasteiger charge is -2.45. The summed E-state index contributed by atoms with van der Waals surface area (Å²) in [6.07, 6.45) is 5.52. The van der Waals surface area contributed by atoms with Crippen LogP contribution in [-0.2, 0) is 16.0 Å². The lowest BCUT2D eigenvalue weighted by molar-refractivity contribution is -0.149. The topological polar surface area (TPSA) is 69.3 Å². The molecular formula is C24H31FN4O2. The van der Waals surface area contributed by atoms with Crippen LogP contribution in [0.5, 0.6) is 0 Å². The molecule has 4 rings (SSSR count). The molecule has 6 nitrogen and oxygen atoms in total. The number of carbonyl (C=O) groups excluding carboxylic acids is 2. The minimum Gasteiger partial charge on any atom is -0.343 e. The normalized spacial score (nSPS) is 21.2. The van der Waals surface area contributed by atoms with E-state index in [9.17, 15) is 14.0 Å². The highest BCUT2D eigenvalue weighted by molar-refractivity contribution is 5.84. The van der Waals surface area contributed by atoms with Crippen LogP contribution in [0.3, 0.4) is 0 Å². The zero-order chi connectivity index (χ0) is 22.0. The fraction of sp³-hybridized carbons (Fsp3) is 0.542. The van der Waals surface area contributed by atoms with Crippen LogP contribution in [0.4, 0.5) is 4.39 Å². The van der Waals surface area contributed by atoms with E-state index in [4.69, 9.17) is 0 Å². The maximum Gasteiger partial charge on any atom is 0.229 e. The van der Waals surface area contributed by atoms with E-state index in [-0.39, 0.29) is 23.5 Å². The number of aromatic amines is 1. The average molecular weight is 427 g/mol. The molecule has 31 heavy (non-hydrogen) atoms. The summed E-state index contributed by atoms with van der Waals surface area (Å²) in [6.45, 7) is 6.15. The standard InChI is InChI=1S/C24H31FN4O2/c1-17-15-26-27-22(17)20-6-4-10-29(16-20)23(31)24(8-11-28(12-9-24)18(2)30)14-19-5-3-7-21(25)13-19/h3,5,7,13,15,20H,4,6,8-12,14,16H2,1-2H3,(H,26,27). The third-order valence-electron chi connectivity index (χ3n) is 7.04. The second-order valence-electron chi connectivity index (χ2n) is 9.15. The smallest absolute Gasteiger partial charge is 0.229 e. The van der Waals surface area contributed by atoms with Gasteiger partial charge in [0, 0.05) is 44.7 Å². The Labute approximate surface area is 182 Å². The molecule has 2 aromatic rings. The van der Waals surface area contributed by atoms with Crippen LogP contribution in [0.1, 0.15) is 55.3 Å². The predicted molar refractivity (Wildman–Crippen MR) is 116 cm³/mol.